The summed E-state index contributed by atoms with van der Waals surface area (Å²) >= 11 is 0. The fourth-order valence-corrected chi connectivity index (χ4v) is 5.60. The molecule has 9 nitrogen and oxygen atoms in total. The van der Waals surface area contributed by atoms with Crippen molar-refractivity contribution >= 4 is 21.8 Å². The van der Waals surface area contributed by atoms with E-state index in [0.717, 1.165) is 12.1 Å². The molecule has 0 aromatic heterocycles. The number of alkyl halides is 3. The minimum Gasteiger partial charge on any atom is -0.465 e. The van der Waals surface area contributed by atoms with E-state index in [1.807, 2.05) is 0 Å². The Morgan fingerprint density at radius 1 is 1.00 bits per heavy atom. The summed E-state index contributed by atoms with van der Waals surface area (Å²) in [6, 6.07) is 10.0. The standard InChI is InChI=1S/C22H23F3N2O7S/c1-15(28)27-12-10-21(11-13-27,26-20(29)30)14-35(31,32)19-8-6-17(7-9-19)33-16-2-4-18(5-3-16)34-22(23,24)25/h2-9,26H,10-14H2,1H3,(H,29,30). The van der Waals surface area contributed by atoms with Gasteiger partial charge in [-0.2, -0.15) is 0 Å². The van der Waals surface area contributed by atoms with Crippen LogP contribution in [-0.2, 0) is 14.6 Å². The van der Waals surface area contributed by atoms with Gasteiger partial charge in [-0.25, -0.2) is 13.2 Å². The Morgan fingerprint density at radius 2 is 1.49 bits per heavy atom. The van der Waals surface area contributed by atoms with Crippen molar-refractivity contribution in [3.63, 3.8) is 0 Å². The van der Waals surface area contributed by atoms with E-state index >= 15 is 0 Å². The Balaban J connectivity index is 1.70. The maximum Gasteiger partial charge on any atom is 0.573 e. The SMILES string of the molecule is CC(=O)N1CCC(CS(=O)(=O)c2ccc(Oc3ccc(OC(F)(F)F)cc3)cc2)(NC(=O)O)CC1. The van der Waals surface area contributed by atoms with Crippen molar-refractivity contribution in [2.24, 2.45) is 0 Å². The number of likely N-dealkylation sites (tertiary alicyclic amines) is 1. The molecule has 1 aliphatic rings. The van der Waals surface area contributed by atoms with Gasteiger partial charge in [0.1, 0.15) is 17.2 Å². The molecule has 0 radical (unpaired) electrons. The molecule has 1 saturated heterocycles. The predicted molar refractivity (Wildman–Crippen MR) is 117 cm³/mol. The summed E-state index contributed by atoms with van der Waals surface area (Å²) in [5.74, 6) is -0.628. The largest absolute Gasteiger partial charge is 0.573 e. The number of benzene rings is 2. The summed E-state index contributed by atoms with van der Waals surface area (Å²) in [6.45, 7) is 1.85. The van der Waals surface area contributed by atoms with Gasteiger partial charge in [-0.05, 0) is 61.4 Å². The van der Waals surface area contributed by atoms with E-state index in [1.165, 1.54) is 48.2 Å². The summed E-state index contributed by atoms with van der Waals surface area (Å²) in [6.07, 6.45) is -5.88. The molecule has 2 aromatic carbocycles. The Morgan fingerprint density at radius 3 is 1.94 bits per heavy atom. The minimum absolute atomic E-state index is 0.0562. The number of halogens is 3. The number of carboxylic acid groups (broad SMARTS) is 1. The number of carbonyl (C=O) groups excluding carboxylic acids is 1. The maximum atomic E-state index is 13.1. The van der Waals surface area contributed by atoms with Crippen molar-refractivity contribution in [1.29, 1.82) is 0 Å². The van der Waals surface area contributed by atoms with Crippen LogP contribution in [0.3, 0.4) is 0 Å². The number of rotatable bonds is 7. The molecular formula is C22H23F3N2O7S. The van der Waals surface area contributed by atoms with Gasteiger partial charge < -0.3 is 24.8 Å². The number of amides is 2. The number of piperidine rings is 1. The monoisotopic (exact) mass is 516 g/mol. The summed E-state index contributed by atoms with van der Waals surface area (Å²) < 4.78 is 72.2. The molecule has 1 aliphatic heterocycles. The van der Waals surface area contributed by atoms with Crippen LogP contribution in [0.2, 0.25) is 0 Å². The lowest BCUT2D eigenvalue weighted by Gasteiger charge is -2.41. The zero-order chi connectivity index (χ0) is 25.9. The van der Waals surface area contributed by atoms with Gasteiger partial charge in [-0.1, -0.05) is 0 Å². The first kappa shape index (κ1) is 26.1. The van der Waals surface area contributed by atoms with Gasteiger partial charge in [0.2, 0.25) is 5.91 Å². The summed E-state index contributed by atoms with van der Waals surface area (Å²) in [7, 11) is -3.92. The minimum atomic E-state index is -4.81. The van der Waals surface area contributed by atoms with Gasteiger partial charge in [0.05, 0.1) is 16.2 Å². The number of nitrogens with one attached hydrogen (secondary N) is 1. The summed E-state index contributed by atoms with van der Waals surface area (Å²) in [5, 5.41) is 11.6. The van der Waals surface area contributed by atoms with Crippen LogP contribution in [0.15, 0.2) is 53.4 Å². The van der Waals surface area contributed by atoms with Gasteiger partial charge in [-0.15, -0.1) is 13.2 Å². The number of hydrogen-bond donors (Lipinski definition) is 2. The molecule has 0 atom stereocenters. The zero-order valence-corrected chi connectivity index (χ0v) is 19.4. The highest BCUT2D eigenvalue weighted by Crippen LogP contribution is 2.30. The summed E-state index contributed by atoms with van der Waals surface area (Å²) in [5.41, 5.74) is -1.24. The molecule has 3 rings (SSSR count). The normalized spacial score (nSPS) is 15.8. The lowest BCUT2D eigenvalue weighted by atomic mass is 9.89. The first-order valence-electron chi connectivity index (χ1n) is 10.4. The van der Waals surface area contributed by atoms with E-state index in [0.29, 0.717) is 0 Å². The number of sulfone groups is 1. The van der Waals surface area contributed by atoms with Crippen molar-refractivity contribution in [3.05, 3.63) is 48.5 Å². The Bertz CT molecular complexity index is 1160. The first-order valence-corrected chi connectivity index (χ1v) is 12.1. The second-order valence-electron chi connectivity index (χ2n) is 8.07. The van der Waals surface area contributed by atoms with E-state index in [-0.39, 0.29) is 48.2 Å². The van der Waals surface area contributed by atoms with E-state index in [1.54, 1.807) is 0 Å². The highest BCUT2D eigenvalue weighted by molar-refractivity contribution is 7.91. The first-order chi connectivity index (χ1) is 16.3. The molecule has 1 fully saturated rings. The fraction of sp³-hybridized carbons (Fsp3) is 0.364. The van der Waals surface area contributed by atoms with Crippen molar-refractivity contribution in [2.45, 2.75) is 36.6 Å². The molecule has 0 bridgehead atoms. The van der Waals surface area contributed by atoms with Crippen LogP contribution < -0.4 is 14.8 Å². The third-order valence-corrected chi connectivity index (χ3v) is 7.40. The van der Waals surface area contributed by atoms with E-state index in [2.05, 4.69) is 10.1 Å². The Labute approximate surface area is 199 Å². The average molecular weight is 516 g/mol. The van der Waals surface area contributed by atoms with Crippen LogP contribution in [0.5, 0.6) is 17.2 Å². The third-order valence-electron chi connectivity index (χ3n) is 5.48. The van der Waals surface area contributed by atoms with Crippen molar-refractivity contribution in [2.75, 3.05) is 18.8 Å². The molecule has 190 valence electrons. The second-order valence-corrected chi connectivity index (χ2v) is 10.1. The Hall–Kier alpha value is -3.48. The smallest absolute Gasteiger partial charge is 0.465 e. The van der Waals surface area contributed by atoms with E-state index in [9.17, 15) is 36.3 Å². The van der Waals surface area contributed by atoms with Crippen LogP contribution in [0.25, 0.3) is 0 Å². The van der Waals surface area contributed by atoms with Gasteiger partial charge in [0.15, 0.2) is 9.84 Å². The third kappa shape index (κ3) is 7.25. The molecule has 35 heavy (non-hydrogen) atoms. The molecule has 2 N–H and O–H groups in total. The molecule has 13 heteroatoms. The van der Waals surface area contributed by atoms with Crippen LogP contribution in [0.1, 0.15) is 19.8 Å². The zero-order valence-electron chi connectivity index (χ0n) is 18.5. The predicted octanol–water partition coefficient (Wildman–Crippen LogP) is 3.80. The molecule has 0 unspecified atom stereocenters. The van der Waals surface area contributed by atoms with Gasteiger partial charge in [-0.3, -0.25) is 4.79 Å². The Kier molecular flexibility index (Phi) is 7.48. The van der Waals surface area contributed by atoms with Gasteiger partial charge in [0.25, 0.3) is 0 Å². The van der Waals surface area contributed by atoms with Crippen LogP contribution in [0.4, 0.5) is 18.0 Å². The van der Waals surface area contributed by atoms with E-state index < -0.39 is 39.3 Å². The van der Waals surface area contributed by atoms with Crippen LogP contribution in [0, 0.1) is 0 Å². The van der Waals surface area contributed by atoms with Crippen molar-refractivity contribution in [3.8, 4) is 17.2 Å². The van der Waals surface area contributed by atoms with Crippen LogP contribution in [-0.4, -0.2) is 61.2 Å². The van der Waals surface area contributed by atoms with Crippen molar-refractivity contribution in [1.82, 2.24) is 10.2 Å². The number of nitrogens with zero attached hydrogens (tertiary/aromatic N) is 1. The van der Waals surface area contributed by atoms with Gasteiger partial charge in [0, 0.05) is 20.0 Å². The lowest BCUT2D eigenvalue weighted by Crippen LogP contribution is -2.59. The fourth-order valence-electron chi connectivity index (χ4n) is 3.79. The molecular weight excluding hydrogens is 493 g/mol. The second kappa shape index (κ2) is 10.0. The topological polar surface area (TPSA) is 122 Å². The molecule has 2 amide bonds. The molecule has 2 aromatic rings. The van der Waals surface area contributed by atoms with Crippen LogP contribution >= 0.6 is 0 Å². The maximum absolute atomic E-state index is 13.1. The molecule has 0 spiro atoms. The highest BCUT2D eigenvalue weighted by Gasteiger charge is 2.41. The average Bonchev–Trinajstić information content (AvgIpc) is 2.74. The molecule has 0 aliphatic carbocycles. The quantitative estimate of drug-likeness (QED) is 0.574. The molecule has 0 saturated carbocycles. The number of hydrogen-bond acceptors (Lipinski definition) is 6. The lowest BCUT2D eigenvalue weighted by molar-refractivity contribution is -0.274. The summed E-state index contributed by atoms with van der Waals surface area (Å²) in [4.78, 5) is 24.4. The highest BCUT2D eigenvalue weighted by atomic mass is 32.2. The van der Waals surface area contributed by atoms with Gasteiger partial charge >= 0.3 is 12.5 Å². The van der Waals surface area contributed by atoms with Crippen molar-refractivity contribution < 1.29 is 45.8 Å². The molecule has 1 heterocycles. The number of carbonyl (C=O) groups is 2. The van der Waals surface area contributed by atoms with E-state index in [4.69, 9.17) is 4.74 Å². The number of ether oxygens (including phenoxy) is 2.